The third-order valence-electron chi connectivity index (χ3n) is 2.71. The topological polar surface area (TPSA) is 47.0 Å². The van der Waals surface area contributed by atoms with E-state index in [9.17, 15) is 8.78 Å². The third-order valence-corrected chi connectivity index (χ3v) is 3.71. The number of aromatic nitrogens is 2. The summed E-state index contributed by atoms with van der Waals surface area (Å²) in [5, 5.41) is 13.0. The van der Waals surface area contributed by atoms with E-state index in [1.54, 1.807) is 12.1 Å². The predicted molar refractivity (Wildman–Crippen MR) is 74.4 cm³/mol. The summed E-state index contributed by atoms with van der Waals surface area (Å²) in [6, 6.07) is 6.55. The number of aryl methyl sites for hydroxylation is 1. The Hall–Kier alpha value is -1.76. The molecule has 0 fully saturated rings. The zero-order valence-corrected chi connectivity index (χ0v) is 12.0. The molecule has 0 aliphatic heterocycles. The van der Waals surface area contributed by atoms with Crippen LogP contribution in [-0.4, -0.2) is 16.8 Å². The molecule has 0 aliphatic carbocycles. The fourth-order valence-corrected chi connectivity index (χ4v) is 2.43. The SMILES string of the molecule is CCc1nnc(NC(C)c2ccc(OC(F)F)cc2)s1. The zero-order valence-electron chi connectivity index (χ0n) is 11.1. The van der Waals surface area contributed by atoms with Crippen molar-refractivity contribution in [3.63, 3.8) is 0 Å². The molecule has 20 heavy (non-hydrogen) atoms. The molecule has 4 nitrogen and oxygen atoms in total. The molecule has 0 aliphatic rings. The van der Waals surface area contributed by atoms with E-state index in [1.165, 1.54) is 23.5 Å². The highest BCUT2D eigenvalue weighted by Crippen LogP contribution is 2.24. The number of nitrogens with zero attached hydrogens (tertiary/aromatic N) is 2. The van der Waals surface area contributed by atoms with Gasteiger partial charge in [-0.05, 0) is 31.0 Å². The standard InChI is InChI=1S/C13H15F2N3OS/c1-3-11-17-18-13(20-11)16-8(2)9-4-6-10(7-5-9)19-12(14)15/h4-8,12H,3H2,1-2H3,(H,16,18). The van der Waals surface area contributed by atoms with Gasteiger partial charge in [0.15, 0.2) is 0 Å². The molecule has 1 heterocycles. The second-order valence-electron chi connectivity index (χ2n) is 4.17. The minimum Gasteiger partial charge on any atom is -0.435 e. The Balaban J connectivity index is 1.99. The number of halogens is 2. The van der Waals surface area contributed by atoms with E-state index in [0.29, 0.717) is 0 Å². The summed E-state index contributed by atoms with van der Waals surface area (Å²) in [5.41, 5.74) is 0.958. The van der Waals surface area contributed by atoms with Gasteiger partial charge in [0.25, 0.3) is 0 Å². The number of anilines is 1. The van der Waals surface area contributed by atoms with Crippen molar-refractivity contribution in [2.45, 2.75) is 32.9 Å². The van der Waals surface area contributed by atoms with Crippen molar-refractivity contribution in [1.29, 1.82) is 0 Å². The Morgan fingerprint density at radius 3 is 2.50 bits per heavy atom. The molecule has 0 bridgehead atoms. The van der Waals surface area contributed by atoms with Gasteiger partial charge in [0.1, 0.15) is 10.8 Å². The summed E-state index contributed by atoms with van der Waals surface area (Å²) in [4.78, 5) is 0. The molecular formula is C13H15F2N3OS. The Bertz CT molecular complexity index is 545. The molecule has 1 N–H and O–H groups in total. The average Bonchev–Trinajstić information content (AvgIpc) is 2.86. The molecule has 2 rings (SSSR count). The van der Waals surface area contributed by atoms with Crippen LogP contribution in [0.4, 0.5) is 13.9 Å². The van der Waals surface area contributed by atoms with Gasteiger partial charge in [-0.2, -0.15) is 8.78 Å². The van der Waals surface area contributed by atoms with Crippen LogP contribution in [0.3, 0.4) is 0 Å². The molecule has 1 aromatic carbocycles. The van der Waals surface area contributed by atoms with Crippen LogP contribution in [0.1, 0.15) is 30.5 Å². The summed E-state index contributed by atoms with van der Waals surface area (Å²) in [5.74, 6) is 0.153. The summed E-state index contributed by atoms with van der Waals surface area (Å²) < 4.78 is 28.4. The first-order valence-electron chi connectivity index (χ1n) is 6.22. The normalized spacial score (nSPS) is 12.4. The van der Waals surface area contributed by atoms with Crippen LogP contribution in [0.25, 0.3) is 0 Å². The van der Waals surface area contributed by atoms with E-state index in [-0.39, 0.29) is 11.8 Å². The first kappa shape index (κ1) is 14.6. The molecule has 1 atom stereocenters. The van der Waals surface area contributed by atoms with E-state index in [1.807, 2.05) is 13.8 Å². The molecule has 0 amide bonds. The minimum absolute atomic E-state index is 0.00764. The highest BCUT2D eigenvalue weighted by molar-refractivity contribution is 7.15. The first-order valence-corrected chi connectivity index (χ1v) is 7.03. The van der Waals surface area contributed by atoms with E-state index < -0.39 is 6.61 Å². The molecule has 1 aromatic heterocycles. The summed E-state index contributed by atoms with van der Waals surface area (Å²) in [6.07, 6.45) is 0.855. The van der Waals surface area contributed by atoms with Gasteiger partial charge in [-0.1, -0.05) is 30.4 Å². The quantitative estimate of drug-likeness (QED) is 0.879. The van der Waals surface area contributed by atoms with Crippen molar-refractivity contribution < 1.29 is 13.5 Å². The van der Waals surface area contributed by atoms with E-state index in [2.05, 4.69) is 20.3 Å². The molecule has 0 saturated carbocycles. The lowest BCUT2D eigenvalue weighted by Gasteiger charge is -2.13. The maximum Gasteiger partial charge on any atom is 0.387 e. The lowest BCUT2D eigenvalue weighted by molar-refractivity contribution is -0.0498. The van der Waals surface area contributed by atoms with E-state index in [0.717, 1.165) is 22.1 Å². The van der Waals surface area contributed by atoms with Crippen LogP contribution in [0.5, 0.6) is 5.75 Å². The second kappa shape index (κ2) is 6.60. The first-order chi connectivity index (χ1) is 9.58. The van der Waals surface area contributed by atoms with E-state index >= 15 is 0 Å². The van der Waals surface area contributed by atoms with Gasteiger partial charge >= 0.3 is 6.61 Å². The second-order valence-corrected chi connectivity index (χ2v) is 5.23. The van der Waals surface area contributed by atoms with Crippen LogP contribution in [0.15, 0.2) is 24.3 Å². The third kappa shape index (κ3) is 3.86. The molecule has 0 saturated heterocycles. The monoisotopic (exact) mass is 299 g/mol. The fourth-order valence-electron chi connectivity index (χ4n) is 1.66. The Kier molecular flexibility index (Phi) is 4.84. The van der Waals surface area contributed by atoms with Gasteiger partial charge in [-0.25, -0.2) is 0 Å². The predicted octanol–water partition coefficient (Wildman–Crippen LogP) is 3.88. The number of alkyl halides is 2. The number of ether oxygens (including phenoxy) is 1. The lowest BCUT2D eigenvalue weighted by Crippen LogP contribution is -2.07. The molecule has 108 valence electrons. The van der Waals surface area contributed by atoms with Crippen LogP contribution >= 0.6 is 11.3 Å². The number of rotatable bonds is 6. The summed E-state index contributed by atoms with van der Waals surface area (Å²) in [7, 11) is 0. The van der Waals surface area contributed by atoms with Crippen LogP contribution in [0.2, 0.25) is 0 Å². The van der Waals surface area contributed by atoms with Crippen molar-refractivity contribution in [3.05, 3.63) is 34.8 Å². The Labute approximate surface area is 119 Å². The van der Waals surface area contributed by atoms with Gasteiger partial charge < -0.3 is 10.1 Å². The van der Waals surface area contributed by atoms with Gasteiger partial charge in [0.05, 0.1) is 6.04 Å². The molecule has 0 spiro atoms. The van der Waals surface area contributed by atoms with Crippen molar-refractivity contribution in [2.75, 3.05) is 5.32 Å². The van der Waals surface area contributed by atoms with Crippen molar-refractivity contribution in [2.24, 2.45) is 0 Å². The van der Waals surface area contributed by atoms with Crippen molar-refractivity contribution in [3.8, 4) is 5.75 Å². The highest BCUT2D eigenvalue weighted by Gasteiger charge is 2.10. The zero-order chi connectivity index (χ0) is 14.5. The Morgan fingerprint density at radius 2 is 1.95 bits per heavy atom. The van der Waals surface area contributed by atoms with Crippen LogP contribution in [-0.2, 0) is 6.42 Å². The maximum atomic E-state index is 12.1. The number of hydrogen-bond acceptors (Lipinski definition) is 5. The molecule has 0 radical (unpaired) electrons. The minimum atomic E-state index is -2.80. The number of benzene rings is 1. The Morgan fingerprint density at radius 1 is 1.25 bits per heavy atom. The summed E-state index contributed by atoms with van der Waals surface area (Å²) >= 11 is 1.51. The fraction of sp³-hybridized carbons (Fsp3) is 0.385. The number of nitrogens with one attached hydrogen (secondary N) is 1. The van der Waals surface area contributed by atoms with Gasteiger partial charge in [-0.15, -0.1) is 10.2 Å². The van der Waals surface area contributed by atoms with Crippen molar-refractivity contribution >= 4 is 16.5 Å². The molecule has 1 unspecified atom stereocenters. The van der Waals surface area contributed by atoms with Crippen LogP contribution in [0, 0.1) is 0 Å². The van der Waals surface area contributed by atoms with Crippen LogP contribution < -0.4 is 10.1 Å². The molecule has 7 heteroatoms. The maximum absolute atomic E-state index is 12.1. The number of hydrogen-bond donors (Lipinski definition) is 1. The van der Waals surface area contributed by atoms with Gasteiger partial charge in [0, 0.05) is 0 Å². The molecule has 2 aromatic rings. The van der Waals surface area contributed by atoms with Gasteiger partial charge in [-0.3, -0.25) is 0 Å². The van der Waals surface area contributed by atoms with Gasteiger partial charge in [0.2, 0.25) is 5.13 Å². The highest BCUT2D eigenvalue weighted by atomic mass is 32.1. The summed E-state index contributed by atoms with van der Waals surface area (Å²) in [6.45, 7) is 1.19. The van der Waals surface area contributed by atoms with E-state index in [4.69, 9.17) is 0 Å². The lowest BCUT2D eigenvalue weighted by atomic mass is 10.1. The molecular weight excluding hydrogens is 284 g/mol. The largest absolute Gasteiger partial charge is 0.435 e. The smallest absolute Gasteiger partial charge is 0.387 e. The average molecular weight is 299 g/mol. The van der Waals surface area contributed by atoms with Crippen molar-refractivity contribution in [1.82, 2.24) is 10.2 Å².